The number of methoxy groups -OCH3 is 1. The number of rotatable bonds is 30. The predicted molar refractivity (Wildman–Crippen MR) is 397 cm³/mol. The van der Waals surface area contributed by atoms with E-state index in [0.717, 1.165) is 45.7 Å². The summed E-state index contributed by atoms with van der Waals surface area (Å²) < 4.78 is 35.2. The molecule has 0 bridgehead atoms. The summed E-state index contributed by atoms with van der Waals surface area (Å²) in [5.74, 6) is -17.1. The number of nitrogens with zero attached hydrogens (tertiary/aromatic N) is 4. The summed E-state index contributed by atoms with van der Waals surface area (Å²) in [6.45, 7) is 21.9. The van der Waals surface area contributed by atoms with Crippen molar-refractivity contribution in [3.05, 3.63) is 90.2 Å². The fourth-order valence-electron chi connectivity index (χ4n) is 11.6. The van der Waals surface area contributed by atoms with Crippen LogP contribution >= 0.6 is 0 Å². The number of nitrogens with one attached hydrogen (secondary N) is 8. The third-order valence-corrected chi connectivity index (χ3v) is 18.3. The van der Waals surface area contributed by atoms with Gasteiger partial charge in [-0.3, -0.25) is 62.4 Å². The fraction of sp³-hybridized carbons (Fsp3) is 0.560. The quantitative estimate of drug-likeness (QED) is 0.0174. The topological polar surface area (TPSA) is 481 Å². The largest absolute Gasteiger partial charge is 0.508 e. The zero-order valence-electron chi connectivity index (χ0n) is 65.8. The highest BCUT2D eigenvalue weighted by Gasteiger charge is 2.48. The minimum Gasteiger partial charge on any atom is -0.458 e. The summed E-state index contributed by atoms with van der Waals surface area (Å²) in [4.78, 5) is 238. The Hall–Kier alpha value is -11.3. The first-order valence-corrected chi connectivity index (χ1v) is 36.3. The lowest BCUT2D eigenvalue weighted by molar-refractivity contribution is -0.177. The molecule has 14 amide bonds. The van der Waals surface area contributed by atoms with E-state index in [9.17, 15) is 67.1 Å². The van der Waals surface area contributed by atoms with Crippen LogP contribution in [0.1, 0.15) is 127 Å². The third-order valence-electron chi connectivity index (χ3n) is 18.3. The minimum absolute atomic E-state index is 0.0285. The molecule has 36 heteroatoms. The van der Waals surface area contributed by atoms with Gasteiger partial charge in [0.05, 0.1) is 6.10 Å². The smallest absolute Gasteiger partial charge is 0.458 e. The zero-order chi connectivity index (χ0) is 83.6. The third kappa shape index (κ3) is 27.0. The van der Waals surface area contributed by atoms with E-state index in [0.29, 0.717) is 11.1 Å². The lowest BCUT2D eigenvalue weighted by atomic mass is 9.95. The number of ether oxygens (including phenoxy) is 6. The van der Waals surface area contributed by atoms with Crippen molar-refractivity contribution in [2.75, 3.05) is 46.7 Å². The number of carbonyl (C=O) groups excluding carboxylic acids is 17. The molecule has 10 N–H and O–H groups in total. The summed E-state index contributed by atoms with van der Waals surface area (Å²) in [5.41, 5.74) is 5.71. The number of primary amides is 1. The van der Waals surface area contributed by atoms with Crippen molar-refractivity contribution >= 4 is 107 Å². The minimum atomic E-state index is -2.04. The standard InChI is InChI=1S/C75H107N13O23/c1-19-52(90)82-59(63(41(8)9)111-75(105)107-37-48-27-29-49(30-28-48)80-66(96)50(26-23-34-77-74(76)104)81-67(97)56(38(2)3)83-53(91)33-35-88-54(92)31-32-55(88)93)72(102)109-61(39(4)5)57-70(100)87(17)60(45(13)106-18)73(103)110-62(40(6)7)58(79-46(14)89)71(101)108-51(36-47-24-21-20-22-25-47)69(99)86(16)43(11)64(94)78-42(10)68(98)85(15)44(12)65(95)84-57/h20-22,24-25,27-32,38-42,44-45,50-51,56-63H,11,19,23,26,33-37H2,1-10,12-18H3,(H,78,94)(H,79,89)(H,80,96)(H,81,97)(H,82,90)(H,83,91)(H,84,95)(H3,76,77,104)/t42-,44-,45+,50-,51+,56-,57-,58-,59-,60-,61+,62+,63+/m0/s1. The number of cyclic esters (lactones) is 2. The summed E-state index contributed by atoms with van der Waals surface area (Å²) in [6, 6.07) is 0.254. The first kappa shape index (κ1) is 92.1. The van der Waals surface area contributed by atoms with E-state index in [2.05, 4.69) is 49.1 Å². The van der Waals surface area contributed by atoms with Gasteiger partial charge in [0.1, 0.15) is 60.8 Å². The van der Waals surface area contributed by atoms with Crippen LogP contribution in [0.2, 0.25) is 0 Å². The lowest BCUT2D eigenvalue weighted by Crippen LogP contribution is -2.64. The average molecular weight is 1560 g/mol. The number of hydrogen-bond acceptors (Lipinski definition) is 23. The SMILES string of the molecule is C=C1C(=O)N[C@@H](C)C(=O)N(C)[C@@H](C)C(=O)N[C@@H]([C@H](OC(=O)[C@@H](NC(=O)CC)[C@H](OC(=O)OCc2ccc(NC(=O)[C@H](CCCNC(N)=O)NC(=O)[C@@H](NC(=O)CCN3C(=O)C=CC3=O)C(C)C)cc2)C(C)C)C(C)C)C(=O)N(C)[C@@H]([C@@H](C)OC)C(=O)O[C@H](C(C)C)[C@H](NC(C)=O)C(=O)O[C@H](Cc2ccccc2)C(=O)N1C. The highest BCUT2D eigenvalue weighted by molar-refractivity contribution is 6.13. The molecule has 111 heavy (non-hydrogen) atoms. The van der Waals surface area contributed by atoms with Gasteiger partial charge in [-0.25, -0.2) is 24.0 Å². The first-order valence-electron chi connectivity index (χ1n) is 36.3. The van der Waals surface area contributed by atoms with Crippen LogP contribution in [-0.2, 0) is 113 Å². The molecule has 2 heterocycles. The molecule has 0 aromatic heterocycles. The Balaban J connectivity index is 1.70. The number of likely N-dealkylation sites (N-methyl/N-ethyl adjacent to an activating group) is 3. The van der Waals surface area contributed by atoms with Crippen LogP contribution in [0.3, 0.4) is 0 Å². The van der Waals surface area contributed by atoms with Gasteiger partial charge in [0.2, 0.25) is 47.3 Å². The van der Waals surface area contributed by atoms with Gasteiger partial charge in [0.25, 0.3) is 23.6 Å². The molecule has 2 aromatic carbocycles. The Morgan fingerprint density at radius 2 is 1.30 bits per heavy atom. The molecule has 0 spiro atoms. The van der Waals surface area contributed by atoms with Gasteiger partial charge in [0, 0.05) is 85.4 Å². The van der Waals surface area contributed by atoms with Crippen LogP contribution in [0.15, 0.2) is 79.0 Å². The van der Waals surface area contributed by atoms with Crippen LogP contribution in [0.4, 0.5) is 15.3 Å². The second-order valence-corrected chi connectivity index (χ2v) is 28.2. The molecule has 1 fully saturated rings. The van der Waals surface area contributed by atoms with Crippen LogP contribution in [0.25, 0.3) is 0 Å². The molecule has 0 aliphatic carbocycles. The number of anilines is 1. The van der Waals surface area contributed by atoms with Crippen molar-refractivity contribution in [3.63, 3.8) is 0 Å². The number of benzene rings is 2. The number of imide groups is 1. The van der Waals surface area contributed by atoms with Crippen molar-refractivity contribution in [2.45, 2.75) is 208 Å². The highest BCUT2D eigenvalue weighted by Crippen LogP contribution is 2.26. The van der Waals surface area contributed by atoms with Gasteiger partial charge in [-0.15, -0.1) is 0 Å². The predicted octanol–water partition coefficient (Wildman–Crippen LogP) is 1.07. The Morgan fingerprint density at radius 3 is 1.85 bits per heavy atom. The van der Waals surface area contributed by atoms with Gasteiger partial charge in [0.15, 0.2) is 24.2 Å². The molecular formula is C75H107N13O23. The van der Waals surface area contributed by atoms with E-state index in [1.807, 2.05) is 0 Å². The number of carbonyl (C=O) groups is 17. The Kier molecular flexibility index (Phi) is 35.8. The van der Waals surface area contributed by atoms with Gasteiger partial charge >= 0.3 is 30.1 Å². The van der Waals surface area contributed by atoms with Crippen LogP contribution in [0, 0.1) is 23.7 Å². The molecule has 36 nitrogen and oxygen atoms in total. The van der Waals surface area contributed by atoms with Gasteiger partial charge < -0.3 is 91.4 Å². The molecular weight excluding hydrogens is 1450 g/mol. The molecule has 0 radical (unpaired) electrons. The Morgan fingerprint density at radius 1 is 0.685 bits per heavy atom. The number of hydrogen-bond donors (Lipinski definition) is 9. The summed E-state index contributed by atoms with van der Waals surface area (Å²) >= 11 is 0. The van der Waals surface area contributed by atoms with Crippen molar-refractivity contribution in [3.8, 4) is 0 Å². The van der Waals surface area contributed by atoms with Crippen molar-refractivity contribution in [1.82, 2.24) is 56.8 Å². The first-order chi connectivity index (χ1) is 52.0. The summed E-state index contributed by atoms with van der Waals surface area (Å²) in [5, 5.41) is 20.4. The average Bonchev–Trinajstić information content (AvgIpc) is 1.48. The van der Waals surface area contributed by atoms with E-state index in [1.165, 1.54) is 115 Å². The van der Waals surface area contributed by atoms with E-state index < -0.39 is 216 Å². The number of amides is 14. The fourth-order valence-corrected chi connectivity index (χ4v) is 11.6. The maximum Gasteiger partial charge on any atom is 0.508 e. The van der Waals surface area contributed by atoms with Crippen molar-refractivity contribution < 1.29 is 110 Å². The highest BCUT2D eigenvalue weighted by atomic mass is 16.7. The van der Waals surface area contributed by atoms with Crippen molar-refractivity contribution in [2.24, 2.45) is 29.4 Å². The Bertz CT molecular complexity index is 3740. The second kappa shape index (κ2) is 43.2. The summed E-state index contributed by atoms with van der Waals surface area (Å²) in [6.07, 6.45) is -8.01. The summed E-state index contributed by atoms with van der Waals surface area (Å²) in [7, 11) is 4.71. The zero-order valence-corrected chi connectivity index (χ0v) is 65.8. The second-order valence-electron chi connectivity index (χ2n) is 28.2. The van der Waals surface area contributed by atoms with Crippen molar-refractivity contribution in [1.29, 1.82) is 0 Å². The number of esters is 3. The molecule has 2 aliphatic rings. The van der Waals surface area contributed by atoms with Crippen LogP contribution in [0.5, 0.6) is 0 Å². The van der Waals surface area contributed by atoms with Crippen LogP contribution < -0.4 is 48.3 Å². The Labute approximate surface area is 644 Å². The molecule has 2 aliphatic heterocycles. The van der Waals surface area contributed by atoms with Crippen LogP contribution in [-0.4, -0.2) is 241 Å². The van der Waals surface area contributed by atoms with E-state index in [4.69, 9.17) is 34.2 Å². The van der Waals surface area contributed by atoms with E-state index in [1.54, 1.807) is 44.2 Å². The number of urea groups is 1. The molecule has 0 unspecified atom stereocenters. The molecule has 4 rings (SSSR count). The van der Waals surface area contributed by atoms with E-state index >= 15 is 14.4 Å². The lowest BCUT2D eigenvalue weighted by Gasteiger charge is -2.39. The molecule has 13 atom stereocenters. The van der Waals surface area contributed by atoms with Gasteiger partial charge in [-0.1, -0.05) is 111 Å². The molecule has 0 saturated carbocycles. The molecule has 2 aromatic rings. The van der Waals surface area contributed by atoms with Gasteiger partial charge in [-0.05, 0) is 80.5 Å². The normalized spacial score (nSPS) is 21.0. The maximum absolute atomic E-state index is 15.6. The molecule has 1 saturated heterocycles. The number of nitrogens with two attached hydrogens (primary N) is 1. The van der Waals surface area contributed by atoms with Gasteiger partial charge in [-0.2, -0.15) is 0 Å². The monoisotopic (exact) mass is 1560 g/mol. The molecule has 610 valence electrons. The van der Waals surface area contributed by atoms with E-state index in [-0.39, 0.29) is 50.9 Å². The maximum atomic E-state index is 15.6.